The largest absolute Gasteiger partial charge is 0.369 e. The maximum atomic E-state index is 12.2. The van der Waals surface area contributed by atoms with Crippen molar-refractivity contribution in [2.24, 2.45) is 0 Å². The summed E-state index contributed by atoms with van der Waals surface area (Å²) < 4.78 is 0. The second-order valence-corrected chi connectivity index (χ2v) is 8.46. The van der Waals surface area contributed by atoms with E-state index in [0.717, 1.165) is 32.7 Å². The molecule has 0 saturated carbocycles. The minimum atomic E-state index is -0.0440. The second kappa shape index (κ2) is 9.24. The number of aryl methyl sites for hydroxylation is 1. The van der Waals surface area contributed by atoms with Crippen LogP contribution in [0.25, 0.3) is 21.3 Å². The van der Waals surface area contributed by atoms with Gasteiger partial charge in [0.1, 0.15) is 17.0 Å². The number of thiophene rings is 1. The number of carbonyl (C=O) groups excluding carboxylic acids is 1. The van der Waals surface area contributed by atoms with Crippen LogP contribution < -0.4 is 10.6 Å². The van der Waals surface area contributed by atoms with Crippen molar-refractivity contribution in [3.8, 4) is 11.1 Å². The van der Waals surface area contributed by atoms with Gasteiger partial charge in [0.25, 0.3) is 0 Å². The molecule has 0 aliphatic carbocycles. The number of hydrogen-bond acceptors (Lipinski definition) is 5. The quantitative estimate of drug-likeness (QED) is 0.405. The zero-order chi connectivity index (χ0) is 20.9. The molecule has 0 aliphatic heterocycles. The van der Waals surface area contributed by atoms with Gasteiger partial charge in [0.05, 0.1) is 5.39 Å². The maximum absolute atomic E-state index is 12.2. The normalized spacial score (nSPS) is 10.9. The molecule has 5 nitrogen and oxygen atoms in total. The lowest BCUT2D eigenvalue weighted by Gasteiger charge is -2.10. The topological polar surface area (TPSA) is 66.9 Å². The van der Waals surface area contributed by atoms with Crippen molar-refractivity contribution in [3.63, 3.8) is 0 Å². The first-order chi connectivity index (χ1) is 14.6. The SMILES string of the molecule is Cc1sc2ncnc(NCCC(=O)NCc3ccccc3Cl)c2c1-c1ccccc1. The summed E-state index contributed by atoms with van der Waals surface area (Å²) in [6.45, 7) is 2.99. The van der Waals surface area contributed by atoms with E-state index in [2.05, 4.69) is 39.7 Å². The van der Waals surface area contributed by atoms with Crippen molar-refractivity contribution < 1.29 is 4.79 Å². The Bertz CT molecular complexity index is 1180. The second-order valence-electron chi connectivity index (χ2n) is 6.85. The first-order valence-corrected chi connectivity index (χ1v) is 10.9. The number of nitrogens with one attached hydrogen (secondary N) is 2. The first kappa shape index (κ1) is 20.3. The summed E-state index contributed by atoms with van der Waals surface area (Å²) >= 11 is 7.79. The summed E-state index contributed by atoms with van der Waals surface area (Å²) in [5.74, 6) is 0.708. The molecule has 152 valence electrons. The van der Waals surface area contributed by atoms with Gasteiger partial charge in [0.2, 0.25) is 5.91 Å². The van der Waals surface area contributed by atoms with Gasteiger partial charge < -0.3 is 10.6 Å². The number of halogens is 1. The molecular weight excluding hydrogens is 416 g/mol. The number of fused-ring (bicyclic) bond motifs is 1. The van der Waals surface area contributed by atoms with Crippen LogP contribution >= 0.6 is 22.9 Å². The Morgan fingerprint density at radius 2 is 1.83 bits per heavy atom. The third-order valence-electron chi connectivity index (χ3n) is 4.81. The van der Waals surface area contributed by atoms with Crippen LogP contribution in [0, 0.1) is 6.92 Å². The van der Waals surface area contributed by atoms with Crippen LogP contribution in [0.5, 0.6) is 0 Å². The van der Waals surface area contributed by atoms with Crippen molar-refractivity contribution >= 4 is 44.9 Å². The smallest absolute Gasteiger partial charge is 0.222 e. The van der Waals surface area contributed by atoms with Crippen molar-refractivity contribution in [2.45, 2.75) is 19.9 Å². The van der Waals surface area contributed by atoms with Crippen LogP contribution in [0.1, 0.15) is 16.9 Å². The average Bonchev–Trinajstić information content (AvgIpc) is 3.10. The Morgan fingerprint density at radius 3 is 2.63 bits per heavy atom. The van der Waals surface area contributed by atoms with Gasteiger partial charge in [0.15, 0.2) is 0 Å². The summed E-state index contributed by atoms with van der Waals surface area (Å²) in [6, 6.07) is 17.7. The average molecular weight is 437 g/mol. The summed E-state index contributed by atoms with van der Waals surface area (Å²) in [6.07, 6.45) is 1.90. The van der Waals surface area contributed by atoms with E-state index in [-0.39, 0.29) is 5.91 Å². The molecule has 0 atom stereocenters. The zero-order valence-corrected chi connectivity index (χ0v) is 18.1. The molecule has 0 radical (unpaired) electrons. The van der Waals surface area contributed by atoms with E-state index in [1.165, 1.54) is 4.88 Å². The molecule has 7 heteroatoms. The van der Waals surface area contributed by atoms with Gasteiger partial charge in [0, 0.05) is 35.0 Å². The van der Waals surface area contributed by atoms with Crippen molar-refractivity contribution in [2.75, 3.05) is 11.9 Å². The van der Waals surface area contributed by atoms with Gasteiger partial charge in [-0.1, -0.05) is 60.1 Å². The minimum absolute atomic E-state index is 0.0440. The van der Waals surface area contributed by atoms with Crippen LogP contribution in [-0.2, 0) is 11.3 Å². The number of hydrogen-bond donors (Lipinski definition) is 2. The third kappa shape index (κ3) is 4.45. The number of carbonyl (C=O) groups is 1. The molecule has 0 unspecified atom stereocenters. The van der Waals surface area contributed by atoms with E-state index in [4.69, 9.17) is 11.6 Å². The molecule has 0 bridgehead atoms. The standard InChI is InChI=1S/C23H21ClN4OS/c1-15-20(16-7-3-2-4-8-16)21-22(27-14-28-23(21)30-15)25-12-11-19(29)26-13-17-9-5-6-10-18(17)24/h2-10,14H,11-13H2,1H3,(H,26,29)(H,25,27,28). The number of nitrogens with zero attached hydrogens (tertiary/aromatic N) is 2. The number of amides is 1. The lowest BCUT2D eigenvalue weighted by atomic mass is 10.0. The van der Waals surface area contributed by atoms with Crippen LogP contribution in [0.15, 0.2) is 60.9 Å². The first-order valence-electron chi connectivity index (χ1n) is 9.67. The Balaban J connectivity index is 1.44. The zero-order valence-electron chi connectivity index (χ0n) is 16.5. The summed E-state index contributed by atoms with van der Waals surface area (Å²) in [4.78, 5) is 23.3. The van der Waals surface area contributed by atoms with E-state index in [1.807, 2.05) is 42.5 Å². The van der Waals surface area contributed by atoms with Gasteiger partial charge in [-0.05, 0) is 24.1 Å². The monoisotopic (exact) mass is 436 g/mol. The summed E-state index contributed by atoms with van der Waals surface area (Å²) in [5, 5.41) is 7.89. The summed E-state index contributed by atoms with van der Waals surface area (Å²) in [7, 11) is 0. The fourth-order valence-electron chi connectivity index (χ4n) is 3.35. The van der Waals surface area contributed by atoms with Gasteiger partial charge in [-0.15, -0.1) is 11.3 Å². The lowest BCUT2D eigenvalue weighted by molar-refractivity contribution is -0.121. The molecule has 2 aromatic heterocycles. The Labute approximate surface area is 184 Å². The highest BCUT2D eigenvalue weighted by atomic mass is 35.5. The van der Waals surface area contributed by atoms with Gasteiger partial charge >= 0.3 is 0 Å². The van der Waals surface area contributed by atoms with Crippen LogP contribution in [0.3, 0.4) is 0 Å². The highest BCUT2D eigenvalue weighted by Gasteiger charge is 2.16. The predicted octanol–water partition coefficient (Wildman–Crippen LogP) is 5.44. The molecule has 0 fully saturated rings. The highest BCUT2D eigenvalue weighted by Crippen LogP contribution is 2.40. The van der Waals surface area contributed by atoms with Crippen LogP contribution in [0.2, 0.25) is 5.02 Å². The van der Waals surface area contributed by atoms with Crippen LogP contribution in [-0.4, -0.2) is 22.4 Å². The molecule has 0 saturated heterocycles. The van der Waals surface area contributed by atoms with E-state index in [1.54, 1.807) is 17.7 Å². The molecule has 2 N–H and O–H groups in total. The van der Waals surface area contributed by atoms with Gasteiger partial charge in [-0.2, -0.15) is 0 Å². The fourth-order valence-corrected chi connectivity index (χ4v) is 4.56. The molecule has 30 heavy (non-hydrogen) atoms. The Kier molecular flexibility index (Phi) is 6.26. The van der Waals surface area contributed by atoms with Gasteiger partial charge in [-0.25, -0.2) is 9.97 Å². The highest BCUT2D eigenvalue weighted by molar-refractivity contribution is 7.19. The van der Waals surface area contributed by atoms with Gasteiger partial charge in [-0.3, -0.25) is 4.79 Å². The number of aromatic nitrogens is 2. The molecule has 0 spiro atoms. The van der Waals surface area contributed by atoms with Crippen molar-refractivity contribution in [3.05, 3.63) is 76.4 Å². The third-order valence-corrected chi connectivity index (χ3v) is 6.19. The van der Waals surface area contributed by atoms with E-state index >= 15 is 0 Å². The molecule has 4 rings (SSSR count). The molecule has 2 heterocycles. The lowest BCUT2D eigenvalue weighted by Crippen LogP contribution is -2.25. The van der Waals surface area contributed by atoms with E-state index in [9.17, 15) is 4.79 Å². The van der Waals surface area contributed by atoms with Crippen LogP contribution in [0.4, 0.5) is 5.82 Å². The predicted molar refractivity (Wildman–Crippen MR) is 124 cm³/mol. The molecule has 4 aromatic rings. The Morgan fingerprint density at radius 1 is 1.07 bits per heavy atom. The molecule has 1 amide bonds. The number of anilines is 1. The van der Waals surface area contributed by atoms with Crippen molar-refractivity contribution in [1.29, 1.82) is 0 Å². The number of benzene rings is 2. The molecule has 2 aromatic carbocycles. The molecular formula is C23H21ClN4OS. The summed E-state index contributed by atoms with van der Waals surface area (Å²) in [5.41, 5.74) is 3.18. The van der Waals surface area contributed by atoms with E-state index < -0.39 is 0 Å². The minimum Gasteiger partial charge on any atom is -0.369 e. The fraction of sp³-hybridized carbons (Fsp3) is 0.174. The molecule has 0 aliphatic rings. The Hall–Kier alpha value is -2.96. The number of rotatable bonds is 7. The van der Waals surface area contributed by atoms with Crippen molar-refractivity contribution in [1.82, 2.24) is 15.3 Å². The van der Waals surface area contributed by atoms with E-state index in [0.29, 0.717) is 24.5 Å². The maximum Gasteiger partial charge on any atom is 0.222 e.